The molecule has 19 heavy (non-hydrogen) atoms. The lowest BCUT2D eigenvalue weighted by molar-refractivity contribution is -1.14. The fraction of sp³-hybridized carbons (Fsp3) is 1.00. The summed E-state index contributed by atoms with van der Waals surface area (Å²) in [4.78, 5) is 1.60. The topological polar surface area (TPSA) is 4.44 Å². The van der Waals surface area contributed by atoms with Gasteiger partial charge in [-0.2, -0.15) is 0 Å². The molecule has 116 valence electrons. The fourth-order valence-electron chi connectivity index (χ4n) is 1.79. The van der Waals surface area contributed by atoms with Gasteiger partial charge in [0.15, 0.2) is 19.6 Å². The van der Waals surface area contributed by atoms with Gasteiger partial charge in [0, 0.05) is 0 Å². The van der Waals surface area contributed by atoms with E-state index in [4.69, 9.17) is 0 Å². The maximum atomic E-state index is 13.3. The maximum Gasteiger partial charge on any atom is 0.673 e. The summed E-state index contributed by atoms with van der Waals surface area (Å²) in [5.74, 6) is 0. The van der Waals surface area contributed by atoms with Crippen molar-refractivity contribution in [2.24, 2.45) is 0 Å². The van der Waals surface area contributed by atoms with E-state index in [1.165, 1.54) is 0 Å². The lowest BCUT2D eigenvalue weighted by Gasteiger charge is -2.39. The molecule has 3 aliphatic heterocycles. The molecule has 0 saturated carbocycles. The van der Waals surface area contributed by atoms with Crippen LogP contribution in [0.4, 0.5) is 39.0 Å². The summed E-state index contributed by atoms with van der Waals surface area (Å²) in [5, 5.41) is 0. The van der Waals surface area contributed by atoms with Gasteiger partial charge >= 0.3 is 14.5 Å². The minimum atomic E-state index is -6.00. The molecule has 3 heterocycles. The molecule has 2 bridgehead atoms. The first kappa shape index (κ1) is 18.4. The molecule has 0 aromatic carbocycles. The first-order chi connectivity index (χ1) is 8.29. The highest BCUT2D eigenvalue weighted by Gasteiger charge is 2.42. The molecule has 3 saturated heterocycles. The van der Waals surface area contributed by atoms with Crippen molar-refractivity contribution in [3.63, 3.8) is 0 Å². The molecule has 3 rings (SSSR count). The molecule has 0 radical (unpaired) electrons. The summed E-state index contributed by atoms with van der Waals surface area (Å²) < 4.78 is 91.1. The molecule has 2 nitrogen and oxygen atoms in total. The molecule has 0 aromatic heterocycles. The average molecular weight is 306 g/mol. The standard InChI is InChI=1S/C6H12FN2.2BF4/c7-9-4-1-8(2-5-9)3-6-9;2*2-1(3,4)5/h1-6H2;;/q+1;2*-1/p+1. The van der Waals surface area contributed by atoms with E-state index in [-0.39, 0.29) is 4.71 Å². The van der Waals surface area contributed by atoms with E-state index in [1.807, 2.05) is 0 Å². The quantitative estimate of drug-likeness (QED) is 0.390. The van der Waals surface area contributed by atoms with Crippen molar-refractivity contribution < 1.29 is 48.6 Å². The van der Waals surface area contributed by atoms with Crippen LogP contribution in [0.3, 0.4) is 0 Å². The summed E-state index contributed by atoms with van der Waals surface area (Å²) in [6.45, 7) is 5.43. The Balaban J connectivity index is 0.000000283. The number of rotatable bonds is 0. The van der Waals surface area contributed by atoms with Gasteiger partial charge in [0.2, 0.25) is 0 Å². The highest BCUT2D eigenvalue weighted by molar-refractivity contribution is 6.50. The van der Waals surface area contributed by atoms with Crippen molar-refractivity contribution in [1.82, 2.24) is 0 Å². The summed E-state index contributed by atoms with van der Waals surface area (Å²) in [6.07, 6.45) is 0. The predicted octanol–water partition coefficient (Wildman–Crippen LogP) is 1.20. The Morgan fingerprint density at radius 1 is 0.632 bits per heavy atom. The van der Waals surface area contributed by atoms with E-state index < -0.39 is 14.5 Å². The van der Waals surface area contributed by atoms with E-state index >= 15 is 0 Å². The second-order valence-corrected chi connectivity index (χ2v) is 4.19. The van der Waals surface area contributed by atoms with Gasteiger partial charge in [-0.1, -0.05) is 0 Å². The minimum absolute atomic E-state index is 0.135. The normalized spacial score (nSPS) is 29.8. The second-order valence-electron chi connectivity index (χ2n) is 4.19. The van der Waals surface area contributed by atoms with Crippen LogP contribution in [0.1, 0.15) is 0 Å². The van der Waals surface area contributed by atoms with Crippen LogP contribution in [0.5, 0.6) is 0 Å². The van der Waals surface area contributed by atoms with Crippen molar-refractivity contribution in [1.29, 1.82) is 0 Å². The number of nitrogens with zero attached hydrogens (tertiary/aromatic N) is 1. The van der Waals surface area contributed by atoms with E-state index in [0.717, 1.165) is 39.3 Å². The van der Waals surface area contributed by atoms with Crippen LogP contribution in [-0.2, 0) is 0 Å². The maximum absolute atomic E-state index is 13.3. The molecular weight excluding hydrogens is 293 g/mol. The molecule has 0 spiro atoms. The predicted molar refractivity (Wildman–Crippen MR) is 51.9 cm³/mol. The molecule has 3 fully saturated rings. The SMILES string of the molecule is F[B-](F)(F)F.F[B-](F)(F)F.F[N+]12CC[NH+](CC1)CC2. The van der Waals surface area contributed by atoms with Crippen LogP contribution >= 0.6 is 0 Å². The van der Waals surface area contributed by atoms with Crippen molar-refractivity contribution in [3.8, 4) is 0 Å². The van der Waals surface area contributed by atoms with Crippen LogP contribution in [-0.4, -0.2) is 58.5 Å². The second kappa shape index (κ2) is 6.73. The third-order valence-electron chi connectivity index (χ3n) is 2.60. The van der Waals surface area contributed by atoms with Crippen molar-refractivity contribution in [3.05, 3.63) is 0 Å². The van der Waals surface area contributed by atoms with Crippen LogP contribution in [0.25, 0.3) is 0 Å². The Labute approximate surface area is 103 Å². The lowest BCUT2D eigenvalue weighted by atomic mass is 10.2. The van der Waals surface area contributed by atoms with E-state index in [2.05, 4.69) is 0 Å². The van der Waals surface area contributed by atoms with E-state index in [9.17, 15) is 39.0 Å². The summed E-state index contributed by atoms with van der Waals surface area (Å²) in [7, 11) is -12.0. The first-order valence-corrected chi connectivity index (χ1v) is 5.42. The van der Waals surface area contributed by atoms with Gasteiger partial charge in [0.1, 0.15) is 19.6 Å². The smallest absolute Gasteiger partial charge is 0.418 e. The van der Waals surface area contributed by atoms with Gasteiger partial charge < -0.3 is 39.4 Å². The lowest BCUT2D eigenvalue weighted by Crippen LogP contribution is -3.18. The zero-order chi connectivity index (χ0) is 15.3. The highest BCUT2D eigenvalue weighted by atomic mass is 19.5. The third kappa shape index (κ3) is 13.6. The van der Waals surface area contributed by atoms with Gasteiger partial charge in [0.05, 0.1) is 0 Å². The van der Waals surface area contributed by atoms with Gasteiger partial charge in [-0.25, -0.2) is 0 Å². The molecule has 3 aliphatic rings. The molecule has 0 aromatic rings. The highest BCUT2D eigenvalue weighted by Crippen LogP contribution is 2.09. The van der Waals surface area contributed by atoms with Gasteiger partial charge in [-0.3, -0.25) is 0 Å². The zero-order valence-electron chi connectivity index (χ0n) is 9.75. The number of halogens is 9. The molecule has 13 heteroatoms. The monoisotopic (exact) mass is 306 g/mol. The van der Waals surface area contributed by atoms with Crippen LogP contribution in [0.15, 0.2) is 0 Å². The number of fused-ring (bicyclic) bond motifs is 3. The Hall–Kier alpha value is -0.580. The number of quaternary nitrogens is 2. The Bertz CT molecular complexity index is 223. The van der Waals surface area contributed by atoms with E-state index in [0.29, 0.717) is 0 Å². The van der Waals surface area contributed by atoms with Gasteiger partial charge in [-0.15, -0.1) is 4.71 Å². The van der Waals surface area contributed by atoms with Gasteiger partial charge in [0.25, 0.3) is 0 Å². The van der Waals surface area contributed by atoms with Crippen LogP contribution < -0.4 is 4.90 Å². The molecule has 1 N–H and O–H groups in total. The Morgan fingerprint density at radius 3 is 0.947 bits per heavy atom. The molecule has 0 atom stereocenters. The summed E-state index contributed by atoms with van der Waals surface area (Å²) in [6, 6.07) is 0. The average Bonchev–Trinajstić information content (AvgIpc) is 2.13. The summed E-state index contributed by atoms with van der Waals surface area (Å²) >= 11 is 0. The van der Waals surface area contributed by atoms with E-state index in [1.54, 1.807) is 4.90 Å². The number of piperazine rings is 3. The fourth-order valence-corrected chi connectivity index (χ4v) is 1.79. The Morgan fingerprint density at radius 2 is 0.842 bits per heavy atom. The van der Waals surface area contributed by atoms with Crippen LogP contribution in [0.2, 0.25) is 0 Å². The molecule has 0 amide bonds. The Kier molecular flexibility index (Phi) is 6.52. The van der Waals surface area contributed by atoms with Crippen LogP contribution in [0, 0.1) is 0 Å². The largest absolute Gasteiger partial charge is 0.673 e. The molecule has 0 unspecified atom stereocenters. The number of hydrogen-bond donors (Lipinski definition) is 1. The first-order valence-electron chi connectivity index (χ1n) is 5.42. The van der Waals surface area contributed by atoms with Crippen molar-refractivity contribution in [2.75, 3.05) is 39.3 Å². The molecule has 0 aliphatic carbocycles. The summed E-state index contributed by atoms with van der Waals surface area (Å²) in [5.41, 5.74) is 0. The van der Waals surface area contributed by atoms with Crippen molar-refractivity contribution in [2.45, 2.75) is 0 Å². The third-order valence-corrected chi connectivity index (χ3v) is 2.60. The molecular formula is C6H13B2F9N2. The number of hydrogen-bond acceptors (Lipinski definition) is 0. The minimum Gasteiger partial charge on any atom is -0.418 e. The zero-order valence-corrected chi connectivity index (χ0v) is 9.75. The number of nitrogens with one attached hydrogen (secondary N) is 1. The van der Waals surface area contributed by atoms with Crippen molar-refractivity contribution >= 4 is 14.5 Å². The van der Waals surface area contributed by atoms with Gasteiger partial charge in [-0.05, 0) is 4.48 Å².